The molecule has 7 aromatic rings. The van der Waals surface area contributed by atoms with Crippen molar-refractivity contribution in [3.05, 3.63) is 184 Å². The molecule has 3 aliphatic rings. The number of nitrogens with zero attached hydrogens (tertiary/aromatic N) is 2. The number of hydrogen-bond donors (Lipinski definition) is 0. The van der Waals surface area contributed by atoms with Crippen molar-refractivity contribution in [1.82, 2.24) is 0 Å². The van der Waals surface area contributed by atoms with Crippen LogP contribution in [-0.4, -0.2) is 6.71 Å². The first-order chi connectivity index (χ1) is 33.5. The van der Waals surface area contributed by atoms with E-state index in [-0.39, 0.29) is 44.6 Å². The van der Waals surface area contributed by atoms with E-state index in [1.54, 1.807) is 0 Å². The average molecular weight is 949 g/mol. The number of rotatable bonds is 5. The molecule has 3 heteroatoms. The van der Waals surface area contributed by atoms with E-state index in [9.17, 15) is 0 Å². The van der Waals surface area contributed by atoms with E-state index in [2.05, 4.69) is 274 Å². The molecule has 0 bridgehead atoms. The summed E-state index contributed by atoms with van der Waals surface area (Å²) in [5, 5.41) is 0. The molecule has 72 heavy (non-hydrogen) atoms. The zero-order chi connectivity index (χ0) is 51.9. The Hall–Kier alpha value is -5.80. The highest BCUT2D eigenvalue weighted by atomic mass is 15.2. The minimum Gasteiger partial charge on any atom is -0.311 e. The lowest BCUT2D eigenvalue weighted by Crippen LogP contribution is -2.62. The summed E-state index contributed by atoms with van der Waals surface area (Å²) < 4.78 is 0. The van der Waals surface area contributed by atoms with E-state index in [1.165, 1.54) is 106 Å². The summed E-state index contributed by atoms with van der Waals surface area (Å²) in [5.74, 6) is 0. The zero-order valence-corrected chi connectivity index (χ0v) is 47.2. The Kier molecular flexibility index (Phi) is 11.5. The summed E-state index contributed by atoms with van der Waals surface area (Å²) in [7, 11) is 0. The Morgan fingerprint density at radius 2 is 0.875 bits per heavy atom. The molecule has 1 aliphatic carbocycles. The first-order valence-electron chi connectivity index (χ1n) is 27.0. The molecule has 2 heterocycles. The predicted octanol–water partition coefficient (Wildman–Crippen LogP) is 17.3. The van der Waals surface area contributed by atoms with Gasteiger partial charge in [-0.2, -0.15) is 0 Å². The van der Waals surface area contributed by atoms with Crippen LogP contribution in [0.5, 0.6) is 0 Å². The van der Waals surface area contributed by atoms with Gasteiger partial charge in [0.15, 0.2) is 0 Å². The zero-order valence-electron chi connectivity index (χ0n) is 47.2. The summed E-state index contributed by atoms with van der Waals surface area (Å²) in [6.07, 6.45) is 2.31. The van der Waals surface area contributed by atoms with E-state index in [0.29, 0.717) is 0 Å². The lowest BCUT2D eigenvalue weighted by molar-refractivity contribution is 0.332. The third-order valence-corrected chi connectivity index (χ3v) is 17.2. The quantitative estimate of drug-likeness (QED) is 0.159. The van der Waals surface area contributed by atoms with Crippen molar-refractivity contribution < 1.29 is 0 Å². The molecule has 370 valence electrons. The van der Waals surface area contributed by atoms with Gasteiger partial charge in [-0.1, -0.05) is 216 Å². The Bertz CT molecular complexity index is 3260. The van der Waals surface area contributed by atoms with E-state index in [4.69, 9.17) is 0 Å². The largest absolute Gasteiger partial charge is 0.311 e. The summed E-state index contributed by atoms with van der Waals surface area (Å²) in [5.41, 5.74) is 24.7. The summed E-state index contributed by atoms with van der Waals surface area (Å²) in [6, 6.07) is 55.3. The van der Waals surface area contributed by atoms with E-state index < -0.39 is 0 Å². The second-order valence-corrected chi connectivity index (χ2v) is 27.9. The van der Waals surface area contributed by atoms with E-state index in [1.807, 2.05) is 0 Å². The smallest absolute Gasteiger partial charge is 0.252 e. The average Bonchev–Trinajstić information content (AvgIpc) is 3.31. The normalized spacial score (nSPS) is 16.2. The maximum Gasteiger partial charge on any atom is 0.252 e. The first-order valence-corrected chi connectivity index (χ1v) is 27.0. The fourth-order valence-electron chi connectivity index (χ4n) is 12.1. The van der Waals surface area contributed by atoms with Gasteiger partial charge in [-0.3, -0.25) is 0 Å². The fraction of sp³-hybridized carbons (Fsp3) is 0.391. The number of benzene rings is 7. The van der Waals surface area contributed by atoms with Gasteiger partial charge in [0.1, 0.15) is 0 Å². The van der Waals surface area contributed by atoms with Crippen LogP contribution in [0.1, 0.15) is 182 Å². The molecule has 0 saturated heterocycles. The van der Waals surface area contributed by atoms with Crippen LogP contribution in [-0.2, 0) is 37.9 Å². The van der Waals surface area contributed by atoms with Crippen LogP contribution in [0.3, 0.4) is 0 Å². The van der Waals surface area contributed by atoms with Crippen LogP contribution >= 0.6 is 0 Å². The highest BCUT2D eigenvalue weighted by molar-refractivity contribution is 7.00. The lowest BCUT2D eigenvalue weighted by Gasteiger charge is -2.48. The molecule has 0 fully saturated rings. The van der Waals surface area contributed by atoms with E-state index in [0.717, 1.165) is 12.8 Å². The highest BCUT2D eigenvalue weighted by Crippen LogP contribution is 2.53. The SMILES string of the molecule is CC(C)(C)c1cccc(-c2cc(C(C)(C)C)ccc2N2c3cc4c(cc3B3c5ccc(C(C)(C)c6ccccc6)cc5N(c5cccc(C(C)(C)C)c5)c5cc(C(C)(C)C)cc2c53)C(C)(C)CCC4(C)C)c1. The number of hydrogen-bond acceptors (Lipinski definition) is 2. The third kappa shape index (κ3) is 8.36. The maximum atomic E-state index is 2.73. The van der Waals surface area contributed by atoms with Crippen LogP contribution in [0, 0.1) is 0 Å². The molecule has 10 rings (SSSR count). The van der Waals surface area contributed by atoms with Crippen molar-refractivity contribution in [3.63, 3.8) is 0 Å². The molecular formula is C69H81BN2. The van der Waals surface area contributed by atoms with Crippen LogP contribution in [0.15, 0.2) is 140 Å². The molecule has 0 N–H and O–H groups in total. The summed E-state index contributed by atoms with van der Waals surface area (Å²) >= 11 is 0. The van der Waals surface area contributed by atoms with Gasteiger partial charge in [-0.25, -0.2) is 0 Å². The summed E-state index contributed by atoms with van der Waals surface area (Å²) in [6.45, 7) is 43.0. The molecule has 0 atom stereocenters. The topological polar surface area (TPSA) is 6.48 Å². The molecular weight excluding hydrogens is 868 g/mol. The Morgan fingerprint density at radius 1 is 0.375 bits per heavy atom. The van der Waals surface area contributed by atoms with Crippen molar-refractivity contribution >= 4 is 57.2 Å². The monoisotopic (exact) mass is 949 g/mol. The molecule has 7 aromatic carbocycles. The number of anilines is 6. The molecule has 2 aliphatic heterocycles. The highest BCUT2D eigenvalue weighted by Gasteiger charge is 2.48. The van der Waals surface area contributed by atoms with Crippen LogP contribution in [0.2, 0.25) is 0 Å². The van der Waals surface area contributed by atoms with Crippen molar-refractivity contribution in [1.29, 1.82) is 0 Å². The van der Waals surface area contributed by atoms with Crippen molar-refractivity contribution in [3.8, 4) is 11.1 Å². The first kappa shape index (κ1) is 49.8. The van der Waals surface area contributed by atoms with Crippen LogP contribution in [0.25, 0.3) is 11.1 Å². The van der Waals surface area contributed by atoms with Gasteiger partial charge in [0, 0.05) is 39.4 Å². The fourth-order valence-corrected chi connectivity index (χ4v) is 12.1. The molecule has 0 radical (unpaired) electrons. The molecule has 0 aromatic heterocycles. The minimum atomic E-state index is -0.232. The van der Waals surface area contributed by atoms with Gasteiger partial charge < -0.3 is 9.80 Å². The predicted molar refractivity (Wildman–Crippen MR) is 315 cm³/mol. The molecule has 0 saturated carbocycles. The van der Waals surface area contributed by atoms with E-state index >= 15 is 0 Å². The van der Waals surface area contributed by atoms with Gasteiger partial charge in [0.25, 0.3) is 6.71 Å². The lowest BCUT2D eigenvalue weighted by atomic mass is 9.33. The second kappa shape index (κ2) is 16.6. The van der Waals surface area contributed by atoms with Crippen molar-refractivity contribution in [2.45, 2.75) is 175 Å². The van der Waals surface area contributed by atoms with Gasteiger partial charge in [-0.15, -0.1) is 0 Å². The van der Waals surface area contributed by atoms with Crippen LogP contribution in [0.4, 0.5) is 34.1 Å². The minimum absolute atomic E-state index is 0.00235. The maximum absolute atomic E-state index is 2.73. The number of fused-ring (bicyclic) bond motifs is 5. The third-order valence-electron chi connectivity index (χ3n) is 17.2. The van der Waals surface area contributed by atoms with Crippen molar-refractivity contribution in [2.24, 2.45) is 0 Å². The molecule has 0 unspecified atom stereocenters. The molecule has 0 spiro atoms. The Labute approximate surface area is 435 Å². The Balaban J connectivity index is 1.37. The molecule has 2 nitrogen and oxygen atoms in total. The Morgan fingerprint density at radius 3 is 1.49 bits per heavy atom. The van der Waals surface area contributed by atoms with Gasteiger partial charge >= 0.3 is 0 Å². The van der Waals surface area contributed by atoms with Gasteiger partial charge in [-0.05, 0) is 160 Å². The van der Waals surface area contributed by atoms with Gasteiger partial charge in [0.05, 0.1) is 5.69 Å². The standard InChI is InChI=1S/C69H81BN2/c1-63(2,3)46-27-22-24-44(36-46)52-38-48(65(7,8)9)31-33-57(52)72-59-43-54-53(67(13,14)34-35-68(54,15)16)42-56(59)70-55-32-30-49(69(17,18)45-25-20-19-21-26-45)39-58(55)71(51-29-23-28-47(37-51)64(4,5)6)60-40-50(66(10,11)12)41-61(72)62(60)70/h19-33,36-43H,34-35H2,1-18H3. The summed E-state index contributed by atoms with van der Waals surface area (Å²) in [4.78, 5) is 5.38. The molecule has 0 amide bonds. The van der Waals surface area contributed by atoms with Crippen LogP contribution < -0.4 is 26.2 Å². The van der Waals surface area contributed by atoms with Gasteiger partial charge in [0.2, 0.25) is 0 Å². The van der Waals surface area contributed by atoms with Crippen molar-refractivity contribution in [2.75, 3.05) is 9.80 Å². The second-order valence-electron chi connectivity index (χ2n) is 27.9.